The summed E-state index contributed by atoms with van der Waals surface area (Å²) in [5.74, 6) is 0. The molecule has 0 bridgehead atoms. The van der Waals surface area contributed by atoms with Crippen molar-refractivity contribution in [3.05, 3.63) is 41.5 Å². The molecule has 0 saturated heterocycles. The van der Waals surface area contributed by atoms with Crippen molar-refractivity contribution in [3.63, 3.8) is 0 Å². The molecule has 1 atom stereocenters. The van der Waals surface area contributed by atoms with Gasteiger partial charge in [0.1, 0.15) is 0 Å². The number of aryl methyl sites for hydroxylation is 2. The van der Waals surface area contributed by atoms with Crippen LogP contribution in [0.1, 0.15) is 42.8 Å². The van der Waals surface area contributed by atoms with E-state index in [0.29, 0.717) is 0 Å². The summed E-state index contributed by atoms with van der Waals surface area (Å²) in [6.45, 7) is 4.87. The fraction of sp³-hybridized carbons (Fsp3) is 0.500. The number of hydrogen-bond donors (Lipinski definition) is 1. The average molecular weight is 247 g/mol. The normalized spacial score (nSPS) is 12.9. The van der Waals surface area contributed by atoms with Crippen molar-refractivity contribution < 1.29 is 5.11 Å². The summed E-state index contributed by atoms with van der Waals surface area (Å²) in [6, 6.07) is 4.08. The van der Waals surface area contributed by atoms with E-state index in [1.807, 2.05) is 37.1 Å². The van der Waals surface area contributed by atoms with E-state index in [2.05, 4.69) is 22.7 Å². The standard InChI is InChI=1S/C14H21N3O/c1-4-5-14(18)12-6-7-17(9-12)10-13-8-11(2)15-16(13)3/h6-9,14,18H,4-5,10H2,1-3H3. The molecule has 0 aliphatic rings. The van der Waals surface area contributed by atoms with Gasteiger partial charge in [0, 0.05) is 19.4 Å². The van der Waals surface area contributed by atoms with Crippen molar-refractivity contribution in [2.24, 2.45) is 7.05 Å². The number of nitrogens with zero attached hydrogens (tertiary/aromatic N) is 3. The zero-order valence-electron chi connectivity index (χ0n) is 11.3. The molecule has 0 amide bonds. The maximum Gasteiger partial charge on any atom is 0.0804 e. The van der Waals surface area contributed by atoms with Crippen LogP contribution in [0.25, 0.3) is 0 Å². The first kappa shape index (κ1) is 12.9. The molecule has 2 aromatic rings. The van der Waals surface area contributed by atoms with Crippen molar-refractivity contribution in [1.29, 1.82) is 0 Å². The lowest BCUT2D eigenvalue weighted by molar-refractivity contribution is 0.166. The van der Waals surface area contributed by atoms with Gasteiger partial charge in [0.15, 0.2) is 0 Å². The van der Waals surface area contributed by atoms with Crippen LogP contribution < -0.4 is 0 Å². The maximum absolute atomic E-state index is 9.93. The Hall–Kier alpha value is -1.55. The van der Waals surface area contributed by atoms with E-state index in [-0.39, 0.29) is 6.10 Å². The van der Waals surface area contributed by atoms with Gasteiger partial charge in [-0.05, 0) is 31.0 Å². The van der Waals surface area contributed by atoms with Crippen LogP contribution in [0, 0.1) is 6.92 Å². The monoisotopic (exact) mass is 247 g/mol. The predicted octanol–water partition coefficient (Wildman–Crippen LogP) is 2.41. The molecule has 98 valence electrons. The van der Waals surface area contributed by atoms with Gasteiger partial charge < -0.3 is 9.67 Å². The highest BCUT2D eigenvalue weighted by Gasteiger charge is 2.09. The number of rotatable bonds is 5. The maximum atomic E-state index is 9.93. The second-order valence-corrected chi connectivity index (χ2v) is 4.82. The summed E-state index contributed by atoms with van der Waals surface area (Å²) in [6.07, 6.45) is 5.49. The van der Waals surface area contributed by atoms with E-state index in [1.165, 1.54) is 5.69 Å². The van der Waals surface area contributed by atoms with Crippen LogP contribution in [-0.4, -0.2) is 19.5 Å². The summed E-state index contributed by atoms with van der Waals surface area (Å²) in [5.41, 5.74) is 3.20. The predicted molar refractivity (Wildman–Crippen MR) is 71.3 cm³/mol. The Bertz CT molecular complexity index is 513. The number of aliphatic hydroxyl groups excluding tert-OH is 1. The highest BCUT2D eigenvalue weighted by molar-refractivity contribution is 5.16. The third-order valence-corrected chi connectivity index (χ3v) is 3.16. The van der Waals surface area contributed by atoms with Crippen molar-refractivity contribution >= 4 is 0 Å². The molecule has 0 fully saturated rings. The molecular formula is C14H21N3O. The van der Waals surface area contributed by atoms with Crippen LogP contribution in [0.3, 0.4) is 0 Å². The lowest BCUT2D eigenvalue weighted by Gasteiger charge is -2.06. The Morgan fingerprint density at radius 2 is 2.22 bits per heavy atom. The molecule has 4 heteroatoms. The van der Waals surface area contributed by atoms with Gasteiger partial charge in [-0.3, -0.25) is 4.68 Å². The van der Waals surface area contributed by atoms with E-state index in [0.717, 1.165) is 30.6 Å². The van der Waals surface area contributed by atoms with E-state index in [1.54, 1.807) is 0 Å². The Morgan fingerprint density at radius 1 is 1.44 bits per heavy atom. The molecule has 2 aromatic heterocycles. The average Bonchev–Trinajstić information content (AvgIpc) is 2.88. The molecule has 0 spiro atoms. The zero-order valence-corrected chi connectivity index (χ0v) is 11.3. The van der Waals surface area contributed by atoms with Crippen molar-refractivity contribution in [3.8, 4) is 0 Å². The molecule has 0 aliphatic carbocycles. The van der Waals surface area contributed by atoms with Crippen LogP contribution in [0.15, 0.2) is 24.5 Å². The van der Waals surface area contributed by atoms with Gasteiger partial charge in [-0.25, -0.2) is 0 Å². The molecule has 18 heavy (non-hydrogen) atoms. The summed E-state index contributed by atoms with van der Waals surface area (Å²) in [4.78, 5) is 0. The lowest BCUT2D eigenvalue weighted by Crippen LogP contribution is -2.04. The smallest absolute Gasteiger partial charge is 0.0804 e. The molecule has 0 aliphatic heterocycles. The molecule has 0 aromatic carbocycles. The topological polar surface area (TPSA) is 43.0 Å². The second kappa shape index (κ2) is 5.40. The minimum atomic E-state index is -0.343. The zero-order chi connectivity index (χ0) is 13.1. The molecule has 0 saturated carbocycles. The molecule has 1 N–H and O–H groups in total. The number of hydrogen-bond acceptors (Lipinski definition) is 2. The number of aromatic nitrogens is 3. The molecule has 4 nitrogen and oxygen atoms in total. The van der Waals surface area contributed by atoms with Crippen LogP contribution >= 0.6 is 0 Å². The Labute approximate surface area is 108 Å². The number of aliphatic hydroxyl groups is 1. The SMILES string of the molecule is CCCC(O)c1ccn(Cc2cc(C)nn2C)c1. The minimum absolute atomic E-state index is 0.343. The highest BCUT2D eigenvalue weighted by atomic mass is 16.3. The largest absolute Gasteiger partial charge is 0.388 e. The van der Waals surface area contributed by atoms with E-state index >= 15 is 0 Å². The van der Waals surface area contributed by atoms with Gasteiger partial charge in [-0.2, -0.15) is 5.10 Å². The van der Waals surface area contributed by atoms with Crippen molar-refractivity contribution in [2.75, 3.05) is 0 Å². The molecular weight excluding hydrogens is 226 g/mol. The fourth-order valence-electron chi connectivity index (χ4n) is 2.19. The van der Waals surface area contributed by atoms with Gasteiger partial charge in [0.25, 0.3) is 0 Å². The minimum Gasteiger partial charge on any atom is -0.388 e. The highest BCUT2D eigenvalue weighted by Crippen LogP contribution is 2.18. The Kier molecular flexibility index (Phi) is 3.87. The summed E-state index contributed by atoms with van der Waals surface area (Å²) in [7, 11) is 1.96. The first-order valence-corrected chi connectivity index (χ1v) is 6.43. The van der Waals surface area contributed by atoms with Gasteiger partial charge in [-0.1, -0.05) is 13.3 Å². The summed E-state index contributed by atoms with van der Waals surface area (Å²) >= 11 is 0. The van der Waals surface area contributed by atoms with Crippen molar-refractivity contribution in [1.82, 2.24) is 14.3 Å². The first-order valence-electron chi connectivity index (χ1n) is 6.43. The van der Waals surface area contributed by atoms with Crippen molar-refractivity contribution in [2.45, 2.75) is 39.3 Å². The third-order valence-electron chi connectivity index (χ3n) is 3.16. The Balaban J connectivity index is 2.09. The van der Waals surface area contributed by atoms with E-state index < -0.39 is 0 Å². The first-order chi connectivity index (χ1) is 8.60. The molecule has 0 radical (unpaired) electrons. The van der Waals surface area contributed by atoms with Crippen LogP contribution in [0.5, 0.6) is 0 Å². The van der Waals surface area contributed by atoms with Gasteiger partial charge in [0.2, 0.25) is 0 Å². The van der Waals surface area contributed by atoms with Gasteiger partial charge in [-0.15, -0.1) is 0 Å². The molecule has 1 unspecified atom stereocenters. The van der Waals surface area contributed by atoms with Crippen LogP contribution in [-0.2, 0) is 13.6 Å². The summed E-state index contributed by atoms with van der Waals surface area (Å²) in [5, 5.41) is 14.3. The Morgan fingerprint density at radius 3 is 2.83 bits per heavy atom. The van der Waals surface area contributed by atoms with E-state index in [9.17, 15) is 5.11 Å². The molecule has 2 rings (SSSR count). The third kappa shape index (κ3) is 2.82. The van der Waals surface area contributed by atoms with Gasteiger partial charge in [0.05, 0.1) is 24.0 Å². The van der Waals surface area contributed by atoms with Crippen LogP contribution in [0.4, 0.5) is 0 Å². The quantitative estimate of drug-likeness (QED) is 0.881. The fourth-order valence-corrected chi connectivity index (χ4v) is 2.19. The van der Waals surface area contributed by atoms with E-state index in [4.69, 9.17) is 0 Å². The van der Waals surface area contributed by atoms with Gasteiger partial charge >= 0.3 is 0 Å². The van der Waals surface area contributed by atoms with Crippen LogP contribution in [0.2, 0.25) is 0 Å². The molecule has 2 heterocycles. The summed E-state index contributed by atoms with van der Waals surface area (Å²) < 4.78 is 3.99. The lowest BCUT2D eigenvalue weighted by atomic mass is 10.1. The second-order valence-electron chi connectivity index (χ2n) is 4.82.